The largest absolute Gasteiger partial charge is 0.496 e. The summed E-state index contributed by atoms with van der Waals surface area (Å²) in [7, 11) is 1.77. The van der Waals surface area contributed by atoms with Crippen molar-refractivity contribution in [3.63, 3.8) is 0 Å². The van der Waals surface area contributed by atoms with Crippen molar-refractivity contribution < 1.29 is 4.74 Å². The van der Waals surface area contributed by atoms with Gasteiger partial charge in [0.2, 0.25) is 0 Å². The predicted octanol–water partition coefficient (Wildman–Crippen LogP) is 4.74. The average molecular weight is 291 g/mol. The van der Waals surface area contributed by atoms with Crippen LogP contribution in [0.1, 0.15) is 57.6 Å². The lowest BCUT2D eigenvalue weighted by molar-refractivity contribution is 0.309. The predicted molar refractivity (Wildman–Crippen MR) is 92.2 cm³/mol. The minimum Gasteiger partial charge on any atom is -0.496 e. The number of likely N-dealkylation sites (N-methyl/N-ethyl adjacent to an activating group) is 1. The lowest BCUT2D eigenvalue weighted by Crippen LogP contribution is -2.38. The van der Waals surface area contributed by atoms with Gasteiger partial charge in [-0.3, -0.25) is 0 Å². The summed E-state index contributed by atoms with van der Waals surface area (Å²) in [6, 6.07) is 7.05. The number of nitrogens with one attached hydrogen (secondary N) is 1. The van der Waals surface area contributed by atoms with E-state index < -0.39 is 0 Å². The van der Waals surface area contributed by atoms with Crippen molar-refractivity contribution in [3.05, 3.63) is 29.3 Å². The lowest BCUT2D eigenvalue weighted by Gasteiger charge is -2.28. The zero-order valence-electron chi connectivity index (χ0n) is 14.5. The van der Waals surface area contributed by atoms with Gasteiger partial charge in [0, 0.05) is 6.04 Å². The molecular formula is C19H33NO. The maximum atomic E-state index is 5.55. The molecule has 21 heavy (non-hydrogen) atoms. The summed E-state index contributed by atoms with van der Waals surface area (Å²) < 4.78 is 5.55. The summed E-state index contributed by atoms with van der Waals surface area (Å²) in [6.45, 7) is 9.97. The van der Waals surface area contributed by atoms with Gasteiger partial charge in [-0.15, -0.1) is 0 Å². The first kappa shape index (κ1) is 18.0. The molecule has 0 bridgehead atoms. The SMILES string of the molecule is CCCC(CCC)C(Cc1cc(C)ccc1OC)NCC. The van der Waals surface area contributed by atoms with Crippen LogP contribution in [0.5, 0.6) is 5.75 Å². The van der Waals surface area contributed by atoms with Crippen LogP contribution in [0.3, 0.4) is 0 Å². The summed E-state index contributed by atoms with van der Waals surface area (Å²) in [6.07, 6.45) is 6.19. The fourth-order valence-corrected chi connectivity index (χ4v) is 3.26. The zero-order valence-corrected chi connectivity index (χ0v) is 14.5. The smallest absolute Gasteiger partial charge is 0.122 e. The molecule has 2 heteroatoms. The molecule has 0 aliphatic heterocycles. The molecule has 0 aliphatic rings. The maximum absolute atomic E-state index is 5.55. The number of rotatable bonds is 10. The molecule has 0 spiro atoms. The molecule has 0 aliphatic carbocycles. The highest BCUT2D eigenvalue weighted by Crippen LogP contribution is 2.26. The molecule has 1 atom stereocenters. The average Bonchev–Trinajstić information content (AvgIpc) is 2.47. The number of methoxy groups -OCH3 is 1. The maximum Gasteiger partial charge on any atom is 0.122 e. The summed E-state index contributed by atoms with van der Waals surface area (Å²) in [5, 5.41) is 3.72. The van der Waals surface area contributed by atoms with E-state index >= 15 is 0 Å². The van der Waals surface area contributed by atoms with Crippen LogP contribution in [0.4, 0.5) is 0 Å². The molecule has 0 fully saturated rings. The summed E-state index contributed by atoms with van der Waals surface area (Å²) in [5.41, 5.74) is 2.64. The molecule has 1 N–H and O–H groups in total. The summed E-state index contributed by atoms with van der Waals surface area (Å²) >= 11 is 0. The van der Waals surface area contributed by atoms with Crippen LogP contribution < -0.4 is 10.1 Å². The Hall–Kier alpha value is -1.02. The Labute approximate surface area is 131 Å². The van der Waals surface area contributed by atoms with E-state index in [9.17, 15) is 0 Å². The van der Waals surface area contributed by atoms with Gasteiger partial charge in [0.1, 0.15) is 5.75 Å². The molecule has 2 nitrogen and oxygen atoms in total. The first-order chi connectivity index (χ1) is 10.2. The van der Waals surface area contributed by atoms with Crippen LogP contribution in [-0.4, -0.2) is 19.7 Å². The van der Waals surface area contributed by atoms with Crippen LogP contribution in [-0.2, 0) is 6.42 Å². The van der Waals surface area contributed by atoms with Crippen molar-refractivity contribution >= 4 is 0 Å². The van der Waals surface area contributed by atoms with Gasteiger partial charge in [0.05, 0.1) is 7.11 Å². The zero-order chi connectivity index (χ0) is 15.7. The van der Waals surface area contributed by atoms with E-state index in [2.05, 4.69) is 51.2 Å². The highest BCUT2D eigenvalue weighted by molar-refractivity contribution is 5.37. The minimum absolute atomic E-state index is 0.547. The number of hydrogen-bond acceptors (Lipinski definition) is 2. The van der Waals surface area contributed by atoms with Gasteiger partial charge < -0.3 is 10.1 Å². The van der Waals surface area contributed by atoms with E-state index in [4.69, 9.17) is 4.74 Å². The van der Waals surface area contributed by atoms with Gasteiger partial charge in [0.15, 0.2) is 0 Å². The molecule has 1 unspecified atom stereocenters. The third-order valence-electron chi connectivity index (χ3n) is 4.23. The normalized spacial score (nSPS) is 12.7. The second-order valence-electron chi connectivity index (χ2n) is 6.02. The molecule has 0 amide bonds. The monoisotopic (exact) mass is 291 g/mol. The lowest BCUT2D eigenvalue weighted by atomic mass is 9.86. The van der Waals surface area contributed by atoms with Gasteiger partial charge in [-0.05, 0) is 50.3 Å². The second-order valence-corrected chi connectivity index (χ2v) is 6.02. The van der Waals surface area contributed by atoms with Gasteiger partial charge in [0.25, 0.3) is 0 Å². The minimum atomic E-state index is 0.547. The van der Waals surface area contributed by atoms with Crippen LogP contribution >= 0.6 is 0 Å². The molecule has 0 saturated carbocycles. The molecule has 1 rings (SSSR count). The molecule has 1 aromatic rings. The Morgan fingerprint density at radius 2 is 1.76 bits per heavy atom. The van der Waals surface area contributed by atoms with Gasteiger partial charge in [-0.1, -0.05) is 51.3 Å². The number of hydrogen-bond donors (Lipinski definition) is 1. The van der Waals surface area contributed by atoms with Crippen molar-refractivity contribution in [2.45, 2.75) is 65.8 Å². The summed E-state index contributed by atoms with van der Waals surface area (Å²) in [5.74, 6) is 1.78. The standard InChI is InChI=1S/C19H33NO/c1-6-9-16(10-7-2)18(20-8-3)14-17-13-15(4)11-12-19(17)21-5/h11-13,16,18,20H,6-10,14H2,1-5H3. The molecule has 0 aromatic heterocycles. The van der Waals surface area contributed by atoms with Crippen LogP contribution in [0, 0.1) is 12.8 Å². The van der Waals surface area contributed by atoms with E-state index in [-0.39, 0.29) is 0 Å². The van der Waals surface area contributed by atoms with E-state index in [1.807, 2.05) is 0 Å². The molecule has 0 radical (unpaired) electrons. The third-order valence-corrected chi connectivity index (χ3v) is 4.23. The van der Waals surface area contributed by atoms with E-state index in [0.29, 0.717) is 6.04 Å². The van der Waals surface area contributed by atoms with E-state index in [1.54, 1.807) is 7.11 Å². The molecule has 0 heterocycles. The fraction of sp³-hybridized carbons (Fsp3) is 0.684. The fourth-order valence-electron chi connectivity index (χ4n) is 3.26. The first-order valence-electron chi connectivity index (χ1n) is 8.53. The van der Waals surface area contributed by atoms with Gasteiger partial charge in [-0.25, -0.2) is 0 Å². The van der Waals surface area contributed by atoms with Crippen molar-refractivity contribution in [1.29, 1.82) is 0 Å². The van der Waals surface area contributed by atoms with Crippen LogP contribution in [0.15, 0.2) is 18.2 Å². The van der Waals surface area contributed by atoms with E-state index in [1.165, 1.54) is 36.8 Å². The second kappa shape index (κ2) is 9.83. The highest BCUT2D eigenvalue weighted by atomic mass is 16.5. The number of ether oxygens (including phenoxy) is 1. The topological polar surface area (TPSA) is 21.3 Å². The van der Waals surface area contributed by atoms with Crippen molar-refractivity contribution in [2.75, 3.05) is 13.7 Å². The quantitative estimate of drug-likeness (QED) is 0.672. The van der Waals surface area contributed by atoms with Crippen molar-refractivity contribution in [2.24, 2.45) is 5.92 Å². The third kappa shape index (κ3) is 5.70. The Bertz CT molecular complexity index is 397. The first-order valence-corrected chi connectivity index (χ1v) is 8.53. The van der Waals surface area contributed by atoms with Crippen molar-refractivity contribution in [3.8, 4) is 5.75 Å². The Balaban J connectivity index is 2.92. The molecule has 120 valence electrons. The molecular weight excluding hydrogens is 258 g/mol. The number of aryl methyl sites for hydroxylation is 1. The Morgan fingerprint density at radius 1 is 1.10 bits per heavy atom. The molecule has 0 saturated heterocycles. The van der Waals surface area contributed by atoms with Crippen LogP contribution in [0.2, 0.25) is 0 Å². The molecule has 1 aromatic carbocycles. The highest BCUT2D eigenvalue weighted by Gasteiger charge is 2.21. The Morgan fingerprint density at radius 3 is 2.29 bits per heavy atom. The number of benzene rings is 1. The summed E-state index contributed by atoms with van der Waals surface area (Å²) in [4.78, 5) is 0. The Kier molecular flexibility index (Phi) is 8.44. The van der Waals surface area contributed by atoms with Crippen molar-refractivity contribution in [1.82, 2.24) is 5.32 Å². The van der Waals surface area contributed by atoms with E-state index in [0.717, 1.165) is 24.6 Å². The van der Waals surface area contributed by atoms with Crippen LogP contribution in [0.25, 0.3) is 0 Å². The van der Waals surface area contributed by atoms with Gasteiger partial charge in [-0.2, -0.15) is 0 Å². The van der Waals surface area contributed by atoms with Gasteiger partial charge >= 0.3 is 0 Å².